The molecular weight excluding hydrogens is 893 g/mol. The second-order valence-electron chi connectivity index (χ2n) is 16.4. The van der Waals surface area contributed by atoms with E-state index >= 15 is 0 Å². The number of aromatic nitrogens is 3. The second-order valence-corrected chi connectivity index (χ2v) is 19.7. The van der Waals surface area contributed by atoms with Crippen LogP contribution in [0.25, 0.3) is 32.2 Å². The van der Waals surface area contributed by atoms with Gasteiger partial charge >= 0.3 is 5.69 Å². The van der Waals surface area contributed by atoms with Crippen LogP contribution in [0.4, 0.5) is 0 Å². The van der Waals surface area contributed by atoms with Gasteiger partial charge in [0.15, 0.2) is 23.9 Å². The molecule has 2 fully saturated rings. The fourth-order valence-corrected chi connectivity index (χ4v) is 10.9. The van der Waals surface area contributed by atoms with Gasteiger partial charge in [-0.1, -0.05) is 18.2 Å². The van der Waals surface area contributed by atoms with Crippen molar-refractivity contribution in [1.29, 1.82) is 0 Å². The minimum atomic E-state index is -3.04. The number of amides is 1. The lowest BCUT2D eigenvalue weighted by Crippen LogP contribution is -2.34. The fourth-order valence-electron chi connectivity index (χ4n) is 8.32. The van der Waals surface area contributed by atoms with Gasteiger partial charge in [-0.05, 0) is 67.5 Å². The molecule has 3 aromatic heterocycles. The van der Waals surface area contributed by atoms with Gasteiger partial charge in [-0.15, -0.1) is 11.3 Å². The Kier molecular flexibility index (Phi) is 15.9. The average molecular weight is 949 g/mol. The lowest BCUT2D eigenvalue weighted by Gasteiger charge is -2.21. The molecule has 1 aliphatic heterocycles. The molecule has 1 atom stereocenters. The van der Waals surface area contributed by atoms with Gasteiger partial charge in [-0.3, -0.25) is 33.3 Å². The molecule has 18 nitrogen and oxygen atoms in total. The molecule has 1 saturated heterocycles. The minimum absolute atomic E-state index is 0.0796. The van der Waals surface area contributed by atoms with Crippen LogP contribution in [0.15, 0.2) is 63.2 Å². The molecule has 66 heavy (non-hydrogen) atoms. The van der Waals surface area contributed by atoms with Crippen molar-refractivity contribution in [1.82, 2.24) is 19.0 Å². The molecule has 0 radical (unpaired) electrons. The first-order chi connectivity index (χ1) is 31.7. The van der Waals surface area contributed by atoms with Crippen LogP contribution in [0.2, 0.25) is 0 Å². The number of rotatable bonds is 21. The molecule has 0 bridgehead atoms. The molecule has 1 saturated carbocycles. The predicted molar refractivity (Wildman–Crippen MR) is 251 cm³/mol. The monoisotopic (exact) mass is 948 g/mol. The van der Waals surface area contributed by atoms with E-state index in [0.29, 0.717) is 97.1 Å². The number of imidazole rings is 1. The van der Waals surface area contributed by atoms with Crippen molar-refractivity contribution in [3.63, 3.8) is 0 Å². The molecule has 0 spiro atoms. The van der Waals surface area contributed by atoms with Crippen molar-refractivity contribution >= 4 is 65.6 Å². The summed E-state index contributed by atoms with van der Waals surface area (Å²) in [5.74, 6) is 0.553. The topological polar surface area (TPSA) is 231 Å². The van der Waals surface area contributed by atoms with Crippen molar-refractivity contribution in [2.24, 2.45) is 24.8 Å². The number of thiophene rings is 1. The molecular formula is C46H56N6O12S2. The van der Waals surface area contributed by atoms with Crippen molar-refractivity contribution in [3.05, 3.63) is 79.9 Å². The maximum absolute atomic E-state index is 13.2. The number of ether oxygens (including phenoxy) is 5. The van der Waals surface area contributed by atoms with Gasteiger partial charge in [-0.25, -0.2) is 13.2 Å². The highest BCUT2D eigenvalue weighted by Gasteiger charge is 2.32. The quantitative estimate of drug-likeness (QED) is 0.0467. The molecule has 354 valence electrons. The number of pyridine rings is 1. The molecule has 20 heteroatoms. The first kappa shape index (κ1) is 48.3. The zero-order valence-corrected chi connectivity index (χ0v) is 39.0. The number of fused-ring (bicyclic) bond motifs is 2. The summed E-state index contributed by atoms with van der Waals surface area (Å²) in [6.45, 7) is 2.30. The summed E-state index contributed by atoms with van der Waals surface area (Å²) in [6.07, 6.45) is 4.48. The van der Waals surface area contributed by atoms with E-state index in [0.717, 1.165) is 28.6 Å². The number of carbonyl (C=O) groups is 3. The van der Waals surface area contributed by atoms with Crippen LogP contribution < -0.4 is 31.8 Å². The number of amidine groups is 1. The first-order valence-corrected chi connectivity index (χ1v) is 24.6. The Labute approximate surface area is 385 Å². The summed E-state index contributed by atoms with van der Waals surface area (Å²) in [5.41, 5.74) is 9.93. The van der Waals surface area contributed by atoms with Crippen molar-refractivity contribution in [2.45, 2.75) is 57.0 Å². The number of aryl methyl sites for hydroxylation is 3. The van der Waals surface area contributed by atoms with Gasteiger partial charge in [0.05, 0.1) is 91.5 Å². The van der Waals surface area contributed by atoms with Gasteiger partial charge in [0.25, 0.3) is 11.5 Å². The highest BCUT2D eigenvalue weighted by atomic mass is 32.2. The zero-order chi connectivity index (χ0) is 47.0. The number of benzene rings is 2. The lowest BCUT2D eigenvalue weighted by molar-refractivity contribution is -0.132. The van der Waals surface area contributed by atoms with Crippen molar-refractivity contribution in [3.8, 4) is 22.6 Å². The highest BCUT2D eigenvalue weighted by Crippen LogP contribution is 2.38. The van der Waals surface area contributed by atoms with Gasteiger partial charge in [0.1, 0.15) is 21.5 Å². The standard InChI is InChI=1S/C46H56N6O12S2/c1-50-27-34(43-33(45(50)56)26-40(65-43)44(47)49-31-13-22-66(58,59)23-14-31)30-9-12-38(39(24-30)60-3)64-28-41(55)48-15-17-62-19-21-63-20-18-61-16-5-7-29-6-4-8-36-42(29)51(2)46(57)52(36)35-11-10-32(53)25-37(35)54/h4,6,8-9,12,24,26-27,31,35H,5,7,10-11,13-23,25,28H2,1-3H3,(H2,47,49)(H,48,55). The first-order valence-electron chi connectivity index (χ1n) is 22.0. The fraction of sp³-hybridized carbons (Fsp3) is 0.478. The average Bonchev–Trinajstić information content (AvgIpc) is 3.86. The number of ketones is 2. The number of Topliss-reactive ketones (excluding diaryl/α,β-unsaturated/α-hetero) is 2. The Hall–Kier alpha value is -5.67. The molecule has 7 rings (SSSR count). The lowest BCUT2D eigenvalue weighted by atomic mass is 9.92. The third-order valence-electron chi connectivity index (χ3n) is 11.8. The Morgan fingerprint density at radius 1 is 0.924 bits per heavy atom. The van der Waals surface area contributed by atoms with E-state index in [4.69, 9.17) is 29.4 Å². The summed E-state index contributed by atoms with van der Waals surface area (Å²) < 4.78 is 57.4. The van der Waals surface area contributed by atoms with Crippen LogP contribution in [-0.4, -0.2) is 123 Å². The number of nitrogens with one attached hydrogen (secondary N) is 1. The van der Waals surface area contributed by atoms with Crippen molar-refractivity contribution < 1.29 is 46.5 Å². The number of aliphatic imine (C=N–C) groups is 1. The summed E-state index contributed by atoms with van der Waals surface area (Å²) in [5, 5.41) is 3.25. The molecule has 2 aliphatic rings. The predicted octanol–water partition coefficient (Wildman–Crippen LogP) is 3.25. The van der Waals surface area contributed by atoms with Gasteiger partial charge in [-0.2, -0.15) is 0 Å². The normalized spacial score (nSPS) is 16.9. The molecule has 1 aliphatic carbocycles. The zero-order valence-electron chi connectivity index (χ0n) is 37.4. The largest absolute Gasteiger partial charge is 0.493 e. The maximum Gasteiger partial charge on any atom is 0.329 e. The van der Waals surface area contributed by atoms with E-state index in [1.54, 1.807) is 47.6 Å². The summed E-state index contributed by atoms with van der Waals surface area (Å²) in [4.78, 5) is 68.5. The molecule has 5 aromatic rings. The molecule has 1 amide bonds. The number of methoxy groups -OCH3 is 1. The minimum Gasteiger partial charge on any atom is -0.493 e. The van der Waals surface area contributed by atoms with Crippen LogP contribution in [0.1, 0.15) is 55.0 Å². The van der Waals surface area contributed by atoms with Gasteiger partial charge in [0, 0.05) is 50.1 Å². The number of hydrogen-bond donors (Lipinski definition) is 2. The number of sulfone groups is 1. The van der Waals surface area contributed by atoms with Crippen LogP contribution in [0.5, 0.6) is 11.5 Å². The van der Waals surface area contributed by atoms with E-state index in [9.17, 15) is 32.4 Å². The molecule has 4 heterocycles. The van der Waals surface area contributed by atoms with Crippen molar-refractivity contribution in [2.75, 3.05) is 71.4 Å². The molecule has 1 unspecified atom stereocenters. The number of nitrogens with two attached hydrogens (primary N) is 1. The number of para-hydroxylation sites is 1. The Balaban J connectivity index is 0.786. The molecule has 2 aromatic carbocycles. The summed E-state index contributed by atoms with van der Waals surface area (Å²) >= 11 is 1.34. The van der Waals surface area contributed by atoms with E-state index < -0.39 is 15.9 Å². The smallest absolute Gasteiger partial charge is 0.329 e. The Morgan fingerprint density at radius 2 is 1.65 bits per heavy atom. The third-order valence-corrected chi connectivity index (χ3v) is 14.7. The summed E-state index contributed by atoms with van der Waals surface area (Å²) in [6, 6.07) is 11.9. The number of carbonyl (C=O) groups excluding carboxylic acids is 3. The third kappa shape index (κ3) is 11.5. The van der Waals surface area contributed by atoms with Gasteiger partial charge < -0.3 is 39.3 Å². The van der Waals surface area contributed by atoms with E-state index in [1.807, 2.05) is 24.3 Å². The van der Waals surface area contributed by atoms with E-state index in [1.165, 1.54) is 23.0 Å². The highest BCUT2D eigenvalue weighted by molar-refractivity contribution is 7.91. The van der Waals surface area contributed by atoms with E-state index in [-0.39, 0.29) is 78.3 Å². The van der Waals surface area contributed by atoms with Crippen LogP contribution in [-0.2, 0) is 58.9 Å². The van der Waals surface area contributed by atoms with E-state index in [2.05, 4.69) is 10.3 Å². The van der Waals surface area contributed by atoms with Crippen LogP contribution in [0, 0.1) is 0 Å². The number of nitrogens with zero attached hydrogens (tertiary/aromatic N) is 4. The Bertz CT molecular complexity index is 2850. The van der Waals surface area contributed by atoms with Crippen LogP contribution >= 0.6 is 11.3 Å². The second kappa shape index (κ2) is 21.8. The Morgan fingerprint density at radius 3 is 2.38 bits per heavy atom. The SMILES string of the molecule is COc1cc(-c2cn(C)c(=O)c3cc(C(N)=NC4CCS(=O)(=O)CC4)sc23)ccc1OCC(=O)NCCOCCOCCOCCCc1cccc2c1n(C)c(=O)n2C1CCC(=O)CC1=O. The van der Waals surface area contributed by atoms with Gasteiger partial charge in [0.2, 0.25) is 0 Å². The number of hydrogen-bond acceptors (Lipinski definition) is 14. The maximum atomic E-state index is 13.2. The van der Waals surface area contributed by atoms with Crippen LogP contribution in [0.3, 0.4) is 0 Å². The molecule has 3 N–H and O–H groups in total. The summed E-state index contributed by atoms with van der Waals surface area (Å²) in [7, 11) is 1.84.